The maximum atomic E-state index is 13.3. The van der Waals surface area contributed by atoms with Crippen LogP contribution in [-0.2, 0) is 23.5 Å². The van der Waals surface area contributed by atoms with Crippen molar-refractivity contribution >= 4 is 0 Å². The summed E-state index contributed by atoms with van der Waals surface area (Å²) in [5, 5.41) is 3.57. The van der Waals surface area contributed by atoms with Crippen LogP contribution in [0.1, 0.15) is 48.3 Å². The van der Waals surface area contributed by atoms with Gasteiger partial charge >= 0.3 is 12.4 Å². The van der Waals surface area contributed by atoms with Crippen molar-refractivity contribution in [1.29, 1.82) is 0 Å². The van der Waals surface area contributed by atoms with E-state index in [4.69, 9.17) is 4.74 Å². The van der Waals surface area contributed by atoms with Crippen molar-refractivity contribution in [3.05, 3.63) is 89.3 Å². The van der Waals surface area contributed by atoms with E-state index >= 15 is 0 Å². The largest absolute Gasteiger partial charge is 0.416 e. The number of ether oxygens (including phenoxy) is 1. The number of allylic oxidation sites excluding steroid dienone is 3. The summed E-state index contributed by atoms with van der Waals surface area (Å²) < 4.78 is 85.7. The number of pyridine rings is 1. The van der Waals surface area contributed by atoms with Gasteiger partial charge in [-0.3, -0.25) is 4.98 Å². The van der Waals surface area contributed by atoms with Crippen molar-refractivity contribution in [3.63, 3.8) is 0 Å². The smallest absolute Gasteiger partial charge is 0.372 e. The molecule has 3 nitrogen and oxygen atoms in total. The van der Waals surface area contributed by atoms with Gasteiger partial charge in [0.15, 0.2) is 0 Å². The average Bonchev–Trinajstić information content (AvgIpc) is 2.85. The Balaban J connectivity index is 1.49. The fraction of sp³-hybridized carbons (Fsp3) is 0.464. The second-order valence-electron chi connectivity index (χ2n) is 9.81. The Morgan fingerprint density at radius 3 is 2.32 bits per heavy atom. The highest BCUT2D eigenvalue weighted by Gasteiger charge is 2.38. The van der Waals surface area contributed by atoms with Crippen LogP contribution in [0.3, 0.4) is 0 Å². The highest BCUT2D eigenvalue weighted by molar-refractivity contribution is 5.34. The van der Waals surface area contributed by atoms with Crippen molar-refractivity contribution < 1.29 is 31.1 Å². The lowest BCUT2D eigenvalue weighted by Gasteiger charge is -2.37. The second kappa shape index (κ2) is 11.4. The van der Waals surface area contributed by atoms with Crippen LogP contribution in [-0.4, -0.2) is 24.2 Å². The van der Waals surface area contributed by atoms with Gasteiger partial charge in [0.1, 0.15) is 0 Å². The summed E-state index contributed by atoms with van der Waals surface area (Å²) in [5.74, 6) is 0.714. The van der Waals surface area contributed by atoms with Gasteiger partial charge < -0.3 is 10.1 Å². The first-order valence-corrected chi connectivity index (χ1v) is 12.4. The Morgan fingerprint density at radius 1 is 0.973 bits per heavy atom. The number of hydrogen-bond donors (Lipinski definition) is 1. The van der Waals surface area contributed by atoms with Crippen LogP contribution in [0.15, 0.2) is 66.9 Å². The van der Waals surface area contributed by atoms with Gasteiger partial charge in [0, 0.05) is 23.9 Å². The molecule has 1 saturated heterocycles. The summed E-state index contributed by atoms with van der Waals surface area (Å²) in [5.41, 5.74) is -1.82. The van der Waals surface area contributed by atoms with E-state index in [1.54, 1.807) is 6.20 Å². The summed E-state index contributed by atoms with van der Waals surface area (Å²) in [4.78, 5) is 4.43. The van der Waals surface area contributed by atoms with Gasteiger partial charge in [0.05, 0.1) is 23.8 Å². The summed E-state index contributed by atoms with van der Waals surface area (Å²) in [6, 6.07) is 7.30. The molecule has 9 heteroatoms. The molecule has 2 aromatic rings. The molecule has 200 valence electrons. The third-order valence-corrected chi connectivity index (χ3v) is 7.17. The van der Waals surface area contributed by atoms with E-state index in [9.17, 15) is 26.3 Å². The monoisotopic (exact) mass is 524 g/mol. The minimum atomic E-state index is -4.90. The van der Waals surface area contributed by atoms with Crippen LogP contribution in [0.4, 0.5) is 26.3 Å². The minimum Gasteiger partial charge on any atom is -0.372 e. The molecule has 2 heterocycles. The molecule has 5 atom stereocenters. The van der Waals surface area contributed by atoms with E-state index in [1.165, 1.54) is 6.92 Å². The third-order valence-electron chi connectivity index (χ3n) is 7.17. The summed E-state index contributed by atoms with van der Waals surface area (Å²) in [6.45, 7) is 2.34. The first-order valence-electron chi connectivity index (χ1n) is 12.4. The van der Waals surface area contributed by atoms with E-state index in [-0.39, 0.29) is 36.1 Å². The van der Waals surface area contributed by atoms with E-state index in [2.05, 4.69) is 22.5 Å². The Morgan fingerprint density at radius 2 is 1.68 bits per heavy atom. The van der Waals surface area contributed by atoms with Crippen molar-refractivity contribution in [2.45, 2.75) is 50.7 Å². The topological polar surface area (TPSA) is 34.1 Å². The lowest BCUT2D eigenvalue weighted by atomic mass is 9.77. The van der Waals surface area contributed by atoms with E-state index in [0.29, 0.717) is 12.5 Å². The van der Waals surface area contributed by atoms with E-state index in [1.807, 2.05) is 30.4 Å². The number of nitrogens with zero attached hydrogens (tertiary/aromatic N) is 1. The average molecular weight is 525 g/mol. The van der Waals surface area contributed by atoms with Gasteiger partial charge in [-0.2, -0.15) is 26.3 Å². The standard InChI is InChI=1S/C28H30F6N2O/c1-18(21-13-22(27(29,30)31)15-23(14-21)28(32,33)34)37-17-26-25-8-3-2-6-20(25)10-9-19(16-36-26)12-24-7-4-5-11-35-24/h2-8,11,13-15,18-20,25-26,36H,9-10,12,16-17H2,1H3/t18-,19-,20?,25?,26-/m1/s1. The summed E-state index contributed by atoms with van der Waals surface area (Å²) >= 11 is 0. The SMILES string of the molecule is C[C@@H](OC[C@H]1NC[C@@H](Cc2ccccn2)CCC2C=CC=CC21)c1cc(C(F)(F)F)cc(C(F)(F)F)c1. The molecule has 0 bridgehead atoms. The Labute approximate surface area is 212 Å². The highest BCUT2D eigenvalue weighted by atomic mass is 19.4. The zero-order valence-electron chi connectivity index (χ0n) is 20.4. The number of nitrogens with one attached hydrogen (secondary N) is 1. The van der Waals surface area contributed by atoms with Crippen LogP contribution >= 0.6 is 0 Å². The number of halogens is 6. The van der Waals surface area contributed by atoms with Gasteiger partial charge in [-0.1, -0.05) is 30.4 Å². The lowest BCUT2D eigenvalue weighted by Crippen LogP contribution is -2.46. The second-order valence-corrected chi connectivity index (χ2v) is 9.81. The predicted octanol–water partition coefficient (Wildman–Crippen LogP) is 7.17. The highest BCUT2D eigenvalue weighted by Crippen LogP contribution is 2.38. The Kier molecular flexibility index (Phi) is 8.43. The van der Waals surface area contributed by atoms with Gasteiger partial charge in [-0.15, -0.1) is 0 Å². The molecule has 1 aliphatic carbocycles. The molecule has 2 aliphatic rings. The third kappa shape index (κ3) is 7.23. The van der Waals surface area contributed by atoms with Crippen molar-refractivity contribution in [3.8, 4) is 0 Å². The maximum absolute atomic E-state index is 13.3. The minimum absolute atomic E-state index is 0.111. The molecule has 1 aliphatic heterocycles. The van der Waals surface area contributed by atoms with Crippen molar-refractivity contribution in [2.75, 3.05) is 13.2 Å². The molecule has 0 amide bonds. The molecule has 1 N–H and O–H groups in total. The predicted molar refractivity (Wildman–Crippen MR) is 129 cm³/mol. The fourth-order valence-corrected chi connectivity index (χ4v) is 5.09. The zero-order chi connectivity index (χ0) is 26.6. The number of aromatic nitrogens is 1. The summed E-state index contributed by atoms with van der Waals surface area (Å²) in [6.07, 6.45) is 2.06. The van der Waals surface area contributed by atoms with Gasteiger partial charge in [-0.05, 0) is 80.5 Å². The molecule has 2 unspecified atom stereocenters. The maximum Gasteiger partial charge on any atom is 0.416 e. The molecule has 1 fully saturated rings. The molecular formula is C28H30F6N2O. The molecule has 37 heavy (non-hydrogen) atoms. The van der Waals surface area contributed by atoms with Crippen molar-refractivity contribution in [2.24, 2.45) is 17.8 Å². The first kappa shape index (κ1) is 27.4. The molecule has 0 saturated carbocycles. The van der Waals surface area contributed by atoms with Crippen LogP contribution in [0.25, 0.3) is 0 Å². The molecule has 1 aromatic carbocycles. The summed E-state index contributed by atoms with van der Waals surface area (Å²) in [7, 11) is 0. The molecule has 0 spiro atoms. The quantitative estimate of drug-likeness (QED) is 0.407. The van der Waals surface area contributed by atoms with Gasteiger partial charge in [-0.25, -0.2) is 0 Å². The first-order chi connectivity index (χ1) is 17.5. The Bertz CT molecular complexity index is 1060. The molecule has 0 radical (unpaired) electrons. The normalized spacial score (nSPS) is 25.3. The van der Waals surface area contributed by atoms with Gasteiger partial charge in [0.2, 0.25) is 0 Å². The zero-order valence-corrected chi connectivity index (χ0v) is 20.4. The van der Waals surface area contributed by atoms with E-state index in [0.717, 1.165) is 37.1 Å². The van der Waals surface area contributed by atoms with E-state index < -0.39 is 29.6 Å². The number of benzene rings is 1. The van der Waals surface area contributed by atoms with Crippen LogP contribution in [0, 0.1) is 17.8 Å². The number of fused-ring (bicyclic) bond motifs is 1. The lowest BCUT2D eigenvalue weighted by molar-refractivity contribution is -0.143. The van der Waals surface area contributed by atoms with Crippen LogP contribution in [0.2, 0.25) is 0 Å². The number of alkyl halides is 6. The van der Waals surface area contributed by atoms with Crippen LogP contribution < -0.4 is 5.32 Å². The fourth-order valence-electron chi connectivity index (χ4n) is 5.09. The number of rotatable bonds is 6. The van der Waals surface area contributed by atoms with Crippen LogP contribution in [0.5, 0.6) is 0 Å². The molecule has 1 aromatic heterocycles. The van der Waals surface area contributed by atoms with Gasteiger partial charge in [0.25, 0.3) is 0 Å². The molecule has 4 rings (SSSR count). The number of hydrogen-bond acceptors (Lipinski definition) is 3. The van der Waals surface area contributed by atoms with Crippen molar-refractivity contribution in [1.82, 2.24) is 10.3 Å². The Hall–Kier alpha value is -2.65. The molecular weight excluding hydrogens is 494 g/mol.